The van der Waals surface area contributed by atoms with Crippen LogP contribution in [0.4, 0.5) is 0 Å². The summed E-state index contributed by atoms with van der Waals surface area (Å²) in [6, 6.07) is 2.38. The number of nitrogens with zero attached hydrogens (tertiary/aromatic N) is 1. The van der Waals surface area contributed by atoms with Crippen molar-refractivity contribution in [1.82, 2.24) is 0 Å². The van der Waals surface area contributed by atoms with Gasteiger partial charge in [-0.15, -0.1) is 0 Å². The van der Waals surface area contributed by atoms with E-state index in [4.69, 9.17) is 0 Å². The van der Waals surface area contributed by atoms with Crippen molar-refractivity contribution in [1.29, 1.82) is 5.26 Å². The lowest BCUT2D eigenvalue weighted by Gasteiger charge is -2.50. The van der Waals surface area contributed by atoms with Gasteiger partial charge in [0.25, 0.3) is 0 Å². The lowest BCUT2D eigenvalue weighted by atomic mass is 9.54. The number of hydrogen-bond donors (Lipinski definition) is 0. The molecule has 0 radical (unpaired) electrons. The molecule has 0 aromatic heterocycles. The van der Waals surface area contributed by atoms with E-state index in [0.29, 0.717) is 5.41 Å². The van der Waals surface area contributed by atoms with Crippen molar-refractivity contribution in [3.8, 4) is 6.07 Å². The lowest BCUT2D eigenvalue weighted by molar-refractivity contribution is 0.0471. The van der Waals surface area contributed by atoms with E-state index in [0.717, 1.165) is 35.7 Å². The molecule has 2 fully saturated rings. The highest BCUT2D eigenvalue weighted by atomic mass is 14.5. The van der Waals surface area contributed by atoms with E-state index in [-0.39, 0.29) is 0 Å². The third kappa shape index (κ3) is 5.11. The molecule has 0 aliphatic heterocycles. The van der Waals surface area contributed by atoms with Gasteiger partial charge in [-0.05, 0) is 67.3 Å². The maximum absolute atomic E-state index is 9.34. The van der Waals surface area contributed by atoms with Gasteiger partial charge >= 0.3 is 0 Å². The maximum atomic E-state index is 9.34. The van der Waals surface area contributed by atoms with Crippen LogP contribution < -0.4 is 0 Å². The Bertz CT molecular complexity index is 564. The van der Waals surface area contributed by atoms with Crippen LogP contribution in [0.5, 0.6) is 0 Å². The van der Waals surface area contributed by atoms with Crippen LogP contribution in [-0.2, 0) is 0 Å². The molecule has 1 nitrogen and oxygen atoms in total. The fourth-order valence-corrected chi connectivity index (χ4v) is 6.76. The van der Waals surface area contributed by atoms with Crippen molar-refractivity contribution in [2.45, 2.75) is 110 Å². The van der Waals surface area contributed by atoms with Crippen LogP contribution in [0, 0.1) is 40.4 Å². The molecule has 1 heteroatoms. The zero-order chi connectivity index (χ0) is 19.8. The van der Waals surface area contributed by atoms with E-state index in [2.05, 4.69) is 38.1 Å². The molecular weight excluding hydrogens is 338 g/mol. The molecule has 0 bridgehead atoms. The summed E-state index contributed by atoms with van der Waals surface area (Å²) in [5, 5.41) is 9.34. The minimum atomic E-state index is 0.353. The number of nitriles is 1. The van der Waals surface area contributed by atoms with Crippen molar-refractivity contribution in [2.75, 3.05) is 0 Å². The Morgan fingerprint density at radius 2 is 1.46 bits per heavy atom. The third-order valence-electron chi connectivity index (χ3n) is 8.50. The van der Waals surface area contributed by atoms with Crippen molar-refractivity contribution in [3.05, 3.63) is 23.8 Å². The first-order valence-electron chi connectivity index (χ1n) is 12.5. The molecule has 0 N–H and O–H groups in total. The Morgan fingerprint density at radius 3 is 1.93 bits per heavy atom. The summed E-state index contributed by atoms with van der Waals surface area (Å²) in [5.74, 6) is 3.65. The summed E-state index contributed by atoms with van der Waals surface area (Å²) in [4.78, 5) is 0. The standard InChI is InChI=1S/C27H43N/c1-3-5-6-8-23-11-15-26(16-12-23)27(19-17-24(21-28)18-20-27)25-13-9-22(7-4-2)10-14-25/h17-19,22-23,25-26H,3-16,20H2,1-2H3. The molecule has 28 heavy (non-hydrogen) atoms. The summed E-state index contributed by atoms with van der Waals surface area (Å²) < 4.78 is 0. The van der Waals surface area contributed by atoms with Crippen molar-refractivity contribution in [3.63, 3.8) is 0 Å². The Balaban J connectivity index is 1.65. The summed E-state index contributed by atoms with van der Waals surface area (Å²) in [6.07, 6.45) is 28.0. The Morgan fingerprint density at radius 1 is 0.857 bits per heavy atom. The molecule has 0 saturated heterocycles. The first-order chi connectivity index (χ1) is 13.7. The van der Waals surface area contributed by atoms with E-state index in [1.54, 1.807) is 0 Å². The fraction of sp³-hybridized carbons (Fsp3) is 0.815. The van der Waals surface area contributed by atoms with Crippen LogP contribution in [-0.4, -0.2) is 0 Å². The first-order valence-corrected chi connectivity index (χ1v) is 12.5. The first kappa shape index (κ1) is 21.7. The summed E-state index contributed by atoms with van der Waals surface area (Å²) >= 11 is 0. The van der Waals surface area contributed by atoms with Gasteiger partial charge in [0.15, 0.2) is 0 Å². The Labute approximate surface area is 174 Å². The SMILES string of the molecule is CCCCCC1CCC(C2(C3CCC(CCC)CC3)C=CC(C#N)=CC2)CC1. The Hall–Kier alpha value is -1.03. The smallest absolute Gasteiger partial charge is 0.0988 e. The second-order valence-electron chi connectivity index (χ2n) is 10.1. The Kier molecular flexibility index (Phi) is 8.25. The summed E-state index contributed by atoms with van der Waals surface area (Å²) in [7, 11) is 0. The second-order valence-corrected chi connectivity index (χ2v) is 10.1. The topological polar surface area (TPSA) is 23.8 Å². The molecule has 156 valence electrons. The highest BCUT2D eigenvalue weighted by Gasteiger charge is 2.45. The van der Waals surface area contributed by atoms with Crippen molar-refractivity contribution in [2.24, 2.45) is 29.1 Å². The highest BCUT2D eigenvalue weighted by Crippen LogP contribution is 2.55. The highest BCUT2D eigenvalue weighted by molar-refractivity contribution is 5.38. The summed E-state index contributed by atoms with van der Waals surface area (Å²) in [6.45, 7) is 4.65. The quantitative estimate of drug-likeness (QED) is 0.387. The average Bonchev–Trinajstić information content (AvgIpc) is 2.75. The molecule has 0 aromatic carbocycles. The van der Waals surface area contributed by atoms with Gasteiger partial charge in [-0.3, -0.25) is 0 Å². The van der Waals surface area contributed by atoms with Gasteiger partial charge in [0.2, 0.25) is 0 Å². The van der Waals surface area contributed by atoms with E-state index in [9.17, 15) is 5.26 Å². The molecule has 1 atom stereocenters. The van der Waals surface area contributed by atoms with Gasteiger partial charge in [0.1, 0.15) is 0 Å². The van der Waals surface area contributed by atoms with E-state index in [1.807, 2.05) is 0 Å². The fourth-order valence-electron chi connectivity index (χ4n) is 6.76. The zero-order valence-electron chi connectivity index (χ0n) is 18.6. The van der Waals surface area contributed by atoms with Crippen molar-refractivity contribution < 1.29 is 0 Å². The van der Waals surface area contributed by atoms with E-state index in [1.165, 1.54) is 89.9 Å². The average molecular weight is 382 g/mol. The number of allylic oxidation sites excluding steroid dienone is 4. The van der Waals surface area contributed by atoms with Gasteiger partial charge in [0.05, 0.1) is 6.07 Å². The molecule has 1 unspecified atom stereocenters. The number of unbranched alkanes of at least 4 members (excludes halogenated alkanes) is 2. The van der Waals surface area contributed by atoms with Crippen LogP contribution >= 0.6 is 0 Å². The number of hydrogen-bond acceptors (Lipinski definition) is 1. The lowest BCUT2D eigenvalue weighted by Crippen LogP contribution is -2.41. The molecule has 0 heterocycles. The third-order valence-corrected chi connectivity index (χ3v) is 8.50. The van der Waals surface area contributed by atoms with Gasteiger partial charge in [0, 0.05) is 5.57 Å². The molecule has 3 aliphatic rings. The van der Waals surface area contributed by atoms with Crippen LogP contribution in [0.1, 0.15) is 110 Å². The summed E-state index contributed by atoms with van der Waals surface area (Å²) in [5.41, 5.74) is 1.25. The largest absolute Gasteiger partial charge is 0.192 e. The van der Waals surface area contributed by atoms with Gasteiger partial charge < -0.3 is 0 Å². The minimum absolute atomic E-state index is 0.353. The van der Waals surface area contributed by atoms with Crippen LogP contribution in [0.15, 0.2) is 23.8 Å². The molecule has 2 saturated carbocycles. The van der Waals surface area contributed by atoms with Crippen LogP contribution in [0.2, 0.25) is 0 Å². The molecule has 0 amide bonds. The van der Waals surface area contributed by atoms with Gasteiger partial charge in [-0.25, -0.2) is 0 Å². The van der Waals surface area contributed by atoms with E-state index >= 15 is 0 Å². The molecule has 3 aliphatic carbocycles. The minimum Gasteiger partial charge on any atom is -0.192 e. The normalized spacial score (nSPS) is 36.0. The van der Waals surface area contributed by atoms with Gasteiger partial charge in [-0.1, -0.05) is 90.2 Å². The van der Waals surface area contributed by atoms with Crippen LogP contribution in [0.3, 0.4) is 0 Å². The van der Waals surface area contributed by atoms with Crippen LogP contribution in [0.25, 0.3) is 0 Å². The zero-order valence-corrected chi connectivity index (χ0v) is 18.6. The maximum Gasteiger partial charge on any atom is 0.0988 e. The predicted octanol–water partition coefficient (Wildman–Crippen LogP) is 8.38. The number of rotatable bonds is 8. The predicted molar refractivity (Wildman–Crippen MR) is 120 cm³/mol. The van der Waals surface area contributed by atoms with E-state index < -0.39 is 0 Å². The van der Waals surface area contributed by atoms with Gasteiger partial charge in [-0.2, -0.15) is 5.26 Å². The molecule has 3 rings (SSSR count). The monoisotopic (exact) mass is 381 g/mol. The second kappa shape index (κ2) is 10.7. The van der Waals surface area contributed by atoms with Crippen molar-refractivity contribution >= 4 is 0 Å². The molecule has 0 aromatic rings. The molecule has 0 spiro atoms. The molecular formula is C27H43N.